The van der Waals surface area contributed by atoms with Crippen LogP contribution in [0.1, 0.15) is 71.7 Å². The minimum Gasteiger partial charge on any atom is -0.488 e. The number of hydrogen-bond donors (Lipinski definition) is 2. The van der Waals surface area contributed by atoms with Gasteiger partial charge in [-0.25, -0.2) is 19.7 Å². The zero-order chi connectivity index (χ0) is 37.9. The van der Waals surface area contributed by atoms with Gasteiger partial charge in [0, 0.05) is 13.5 Å². The van der Waals surface area contributed by atoms with Crippen LogP contribution in [-0.2, 0) is 39.2 Å². The molecule has 0 radical (unpaired) electrons. The number of benzene rings is 1. The van der Waals surface area contributed by atoms with Gasteiger partial charge in [-0.3, -0.25) is 9.69 Å². The van der Waals surface area contributed by atoms with Crippen LogP contribution in [0.5, 0.6) is 5.75 Å². The molecule has 1 aromatic carbocycles. The fourth-order valence-electron chi connectivity index (χ4n) is 5.32. The van der Waals surface area contributed by atoms with Gasteiger partial charge in [0.2, 0.25) is 0 Å². The van der Waals surface area contributed by atoms with Gasteiger partial charge in [-0.2, -0.15) is 39.5 Å². The van der Waals surface area contributed by atoms with Crippen LogP contribution in [0.4, 0.5) is 50.0 Å². The number of carboxylic acid groups (broad SMARTS) is 1. The molecule has 51 heavy (non-hydrogen) atoms. The number of halogens is 9. The Morgan fingerprint density at radius 1 is 0.961 bits per heavy atom. The van der Waals surface area contributed by atoms with Gasteiger partial charge in [-0.05, 0) is 48.7 Å². The molecule has 3 N–H and O–H groups in total. The number of carbonyl (C=O) groups is 2. The lowest BCUT2D eigenvalue weighted by atomic mass is 9.83. The molecule has 2 atom stereocenters. The zero-order valence-electron chi connectivity index (χ0n) is 26.7. The van der Waals surface area contributed by atoms with Gasteiger partial charge < -0.3 is 25.1 Å². The molecule has 3 aromatic rings. The molecular formula is C31H30F9N5O6. The summed E-state index contributed by atoms with van der Waals surface area (Å²) < 4.78 is 139. The Morgan fingerprint density at radius 2 is 1.61 bits per heavy atom. The highest BCUT2D eigenvalue weighted by Gasteiger charge is 2.48. The van der Waals surface area contributed by atoms with Crippen LogP contribution in [0, 0.1) is 0 Å². The maximum Gasteiger partial charge on any atom is 0.433 e. The first-order valence-electron chi connectivity index (χ1n) is 15.0. The number of anilines is 1. The summed E-state index contributed by atoms with van der Waals surface area (Å²) in [7, 11) is 1.34. The van der Waals surface area contributed by atoms with Crippen LogP contribution in [0.25, 0.3) is 0 Å². The average molecular weight is 740 g/mol. The summed E-state index contributed by atoms with van der Waals surface area (Å²) >= 11 is 0. The van der Waals surface area contributed by atoms with Crippen molar-refractivity contribution in [1.29, 1.82) is 0 Å². The van der Waals surface area contributed by atoms with E-state index in [9.17, 15) is 49.1 Å². The molecular weight excluding hydrogens is 709 g/mol. The van der Waals surface area contributed by atoms with E-state index in [1.54, 1.807) is 6.92 Å². The van der Waals surface area contributed by atoms with E-state index in [2.05, 4.69) is 15.0 Å². The molecule has 0 spiro atoms. The molecule has 0 unspecified atom stereocenters. The number of fused-ring (bicyclic) bond motifs is 1. The highest BCUT2D eigenvalue weighted by molar-refractivity contribution is 5.91. The molecule has 1 aliphatic heterocycles. The first kappa shape index (κ1) is 39.1. The van der Waals surface area contributed by atoms with E-state index in [4.69, 9.17) is 25.1 Å². The third kappa shape index (κ3) is 9.15. The highest BCUT2D eigenvalue weighted by Crippen LogP contribution is 2.46. The summed E-state index contributed by atoms with van der Waals surface area (Å²) in [4.78, 5) is 37.4. The van der Waals surface area contributed by atoms with Crippen molar-refractivity contribution < 1.29 is 68.4 Å². The summed E-state index contributed by atoms with van der Waals surface area (Å²) in [5.41, 5.74) is -1.01. The normalized spacial score (nSPS) is 18.0. The van der Waals surface area contributed by atoms with Crippen LogP contribution < -0.4 is 15.4 Å². The Hall–Kier alpha value is -4.72. The van der Waals surface area contributed by atoms with E-state index >= 15 is 0 Å². The molecule has 278 valence electrons. The number of aromatic nitrogens is 3. The lowest BCUT2D eigenvalue weighted by molar-refractivity contribution is -0.143. The van der Waals surface area contributed by atoms with Crippen LogP contribution >= 0.6 is 0 Å². The minimum absolute atomic E-state index is 0.00764. The number of nitrogens with two attached hydrogens (primary N) is 1. The molecule has 20 heteroatoms. The molecule has 0 fully saturated rings. The Labute approximate surface area is 283 Å². The van der Waals surface area contributed by atoms with Gasteiger partial charge in [-0.15, -0.1) is 0 Å². The molecule has 4 rings (SSSR count). The molecule has 0 saturated carbocycles. The van der Waals surface area contributed by atoms with E-state index in [-0.39, 0.29) is 48.7 Å². The number of pyridine rings is 1. The molecule has 1 amide bonds. The Kier molecular flexibility index (Phi) is 11.4. The van der Waals surface area contributed by atoms with Crippen LogP contribution in [-0.4, -0.2) is 64.7 Å². The van der Waals surface area contributed by atoms with E-state index in [1.807, 2.05) is 0 Å². The third-order valence-electron chi connectivity index (χ3n) is 7.83. The standard InChI is InChI=1S/C31H30F9N5O6/c1-3-28(41)14-19(25-21(4-5-23(44-25)31(38,39)40)45(28)27(48)51-7-6-24(46)47)26-42-15-22(50-9-8-49-2)20(43-26)12-16-10-17(29(32,33)34)13-18(11-16)30(35,36)37/h4-5,10-11,13,15,19H,3,6-9,12,14,41H2,1-2H3,(H,46,47)/t19-,28+/m0/s1. The Morgan fingerprint density at radius 3 is 2.16 bits per heavy atom. The molecule has 0 saturated heterocycles. The predicted molar refractivity (Wildman–Crippen MR) is 158 cm³/mol. The predicted octanol–water partition coefficient (Wildman–Crippen LogP) is 6.56. The number of methoxy groups -OCH3 is 1. The average Bonchev–Trinajstić information content (AvgIpc) is 3.03. The summed E-state index contributed by atoms with van der Waals surface area (Å²) in [6.07, 6.45) is -17.1. The van der Waals surface area contributed by atoms with Gasteiger partial charge in [0.25, 0.3) is 0 Å². The number of carboxylic acids is 1. The van der Waals surface area contributed by atoms with Crippen molar-refractivity contribution in [2.24, 2.45) is 5.73 Å². The lowest BCUT2D eigenvalue weighted by Gasteiger charge is -2.46. The maximum atomic E-state index is 13.9. The third-order valence-corrected chi connectivity index (χ3v) is 7.83. The first-order valence-corrected chi connectivity index (χ1v) is 15.0. The second kappa shape index (κ2) is 14.9. The SMILES string of the molecule is CC[C@]1(N)C[C@H](c2ncc(OCCOC)c(Cc3cc(C(F)(F)F)cc(C(F)(F)F)c3)n2)c2nc(C(F)(F)F)ccc2N1C(=O)OCCC(=O)O. The Balaban J connectivity index is 1.89. The topological polar surface area (TPSA) is 150 Å². The van der Waals surface area contributed by atoms with Crippen molar-refractivity contribution in [3.63, 3.8) is 0 Å². The number of carbonyl (C=O) groups excluding carboxylic acids is 1. The molecule has 0 bridgehead atoms. The molecule has 11 nitrogen and oxygen atoms in total. The summed E-state index contributed by atoms with van der Waals surface area (Å²) in [6.45, 7) is 0.807. The smallest absolute Gasteiger partial charge is 0.433 e. The second-order valence-corrected chi connectivity index (χ2v) is 11.4. The minimum atomic E-state index is -5.15. The summed E-state index contributed by atoms with van der Waals surface area (Å²) in [5, 5.41) is 8.93. The van der Waals surface area contributed by atoms with Gasteiger partial charge in [0.1, 0.15) is 30.4 Å². The number of aliphatic carboxylic acids is 1. The number of ether oxygens (including phenoxy) is 3. The van der Waals surface area contributed by atoms with E-state index in [1.165, 1.54) is 7.11 Å². The molecule has 0 aliphatic carbocycles. The second-order valence-electron chi connectivity index (χ2n) is 11.4. The van der Waals surface area contributed by atoms with Crippen LogP contribution in [0.2, 0.25) is 0 Å². The zero-order valence-corrected chi connectivity index (χ0v) is 26.7. The fourth-order valence-corrected chi connectivity index (χ4v) is 5.32. The van der Waals surface area contributed by atoms with Crippen molar-refractivity contribution in [3.05, 3.63) is 76.1 Å². The van der Waals surface area contributed by atoms with Gasteiger partial charge in [0.15, 0.2) is 5.75 Å². The van der Waals surface area contributed by atoms with Crippen LogP contribution in [0.3, 0.4) is 0 Å². The molecule has 1 aliphatic rings. The summed E-state index contributed by atoms with van der Waals surface area (Å²) in [5.74, 6) is -3.08. The number of nitrogens with zero attached hydrogens (tertiary/aromatic N) is 4. The van der Waals surface area contributed by atoms with Crippen LogP contribution in [0.15, 0.2) is 36.5 Å². The molecule has 2 aromatic heterocycles. The number of hydrogen-bond acceptors (Lipinski definition) is 9. The number of amides is 1. The number of alkyl halides is 9. The maximum absolute atomic E-state index is 13.9. The van der Waals surface area contributed by atoms with Gasteiger partial charge in [-0.1, -0.05) is 6.92 Å². The van der Waals surface area contributed by atoms with Crippen molar-refractivity contribution in [3.8, 4) is 5.75 Å². The van der Waals surface area contributed by atoms with E-state index < -0.39 is 96.1 Å². The lowest BCUT2D eigenvalue weighted by Crippen LogP contribution is -2.62. The van der Waals surface area contributed by atoms with Crippen molar-refractivity contribution in [2.45, 2.75) is 62.7 Å². The van der Waals surface area contributed by atoms with E-state index in [0.29, 0.717) is 18.2 Å². The monoisotopic (exact) mass is 739 g/mol. The summed E-state index contributed by atoms with van der Waals surface area (Å²) in [6, 6.07) is 2.45. The largest absolute Gasteiger partial charge is 0.488 e. The first-order chi connectivity index (χ1) is 23.7. The molecule has 3 heterocycles. The van der Waals surface area contributed by atoms with Crippen molar-refractivity contribution in [2.75, 3.05) is 31.8 Å². The van der Waals surface area contributed by atoms with Gasteiger partial charge in [0.05, 0.1) is 53.3 Å². The highest BCUT2D eigenvalue weighted by atomic mass is 19.4. The van der Waals surface area contributed by atoms with Crippen molar-refractivity contribution >= 4 is 17.7 Å². The van der Waals surface area contributed by atoms with Gasteiger partial charge >= 0.3 is 30.6 Å². The number of rotatable bonds is 11. The Bertz CT molecular complexity index is 1720. The van der Waals surface area contributed by atoms with E-state index in [0.717, 1.165) is 17.2 Å². The quantitative estimate of drug-likeness (QED) is 0.164. The van der Waals surface area contributed by atoms with Crippen molar-refractivity contribution in [1.82, 2.24) is 15.0 Å². The fraction of sp³-hybridized carbons (Fsp3) is 0.452.